The average molecular weight is 121 g/mol. The van der Waals surface area contributed by atoms with Crippen LogP contribution in [0.15, 0.2) is 0 Å². The molecule has 0 aromatic rings. The van der Waals surface area contributed by atoms with E-state index < -0.39 is 18.4 Å². The van der Waals surface area contributed by atoms with Crippen molar-refractivity contribution in [2.75, 3.05) is 6.67 Å². The predicted molar refractivity (Wildman–Crippen MR) is 27.0 cm³/mol. The third-order valence-corrected chi connectivity index (χ3v) is 1.59. The van der Waals surface area contributed by atoms with Gasteiger partial charge in [0.25, 0.3) is 0 Å². The van der Waals surface area contributed by atoms with Crippen LogP contribution in [0.5, 0.6) is 0 Å². The first-order valence-corrected chi connectivity index (χ1v) is 2.68. The van der Waals surface area contributed by atoms with Crippen LogP contribution in [0.4, 0.5) is 8.78 Å². The number of rotatable bonds is 2. The SMILES string of the molecule is NC1(C(F)CF)CC1. The Bertz CT molecular complexity index is 90.4. The predicted octanol–water partition coefficient (Wildman–Crippen LogP) is 0.785. The topological polar surface area (TPSA) is 26.0 Å². The number of hydrogen-bond donors (Lipinski definition) is 1. The van der Waals surface area contributed by atoms with Crippen molar-refractivity contribution in [2.24, 2.45) is 5.73 Å². The Labute approximate surface area is 46.9 Å². The maximum atomic E-state index is 12.2. The van der Waals surface area contributed by atoms with Crippen molar-refractivity contribution in [3.63, 3.8) is 0 Å². The lowest BCUT2D eigenvalue weighted by Crippen LogP contribution is -2.35. The van der Waals surface area contributed by atoms with E-state index in [-0.39, 0.29) is 0 Å². The van der Waals surface area contributed by atoms with Gasteiger partial charge in [-0.25, -0.2) is 8.78 Å². The van der Waals surface area contributed by atoms with E-state index in [1.807, 2.05) is 0 Å². The minimum Gasteiger partial charge on any atom is -0.323 e. The molecule has 0 bridgehead atoms. The van der Waals surface area contributed by atoms with Gasteiger partial charge in [-0.1, -0.05) is 0 Å². The molecule has 0 spiro atoms. The molecule has 0 aliphatic heterocycles. The van der Waals surface area contributed by atoms with Crippen LogP contribution in [0.25, 0.3) is 0 Å². The first kappa shape index (κ1) is 5.95. The van der Waals surface area contributed by atoms with Crippen molar-refractivity contribution >= 4 is 0 Å². The van der Waals surface area contributed by atoms with Gasteiger partial charge in [0.15, 0.2) is 0 Å². The largest absolute Gasteiger partial charge is 0.323 e. The molecular formula is C5H9F2N. The standard InChI is InChI=1S/C5H9F2N/c6-3-4(7)5(8)1-2-5/h4H,1-3,8H2. The molecule has 1 aliphatic rings. The molecule has 0 radical (unpaired) electrons. The minimum absolute atomic E-state index is 0.637. The maximum Gasteiger partial charge on any atom is 0.146 e. The summed E-state index contributed by atoms with van der Waals surface area (Å²) in [6.45, 7) is -0.934. The number of nitrogens with two attached hydrogens (primary N) is 1. The normalized spacial score (nSPS) is 27.4. The van der Waals surface area contributed by atoms with Gasteiger partial charge in [0.05, 0.1) is 0 Å². The molecule has 0 saturated heterocycles. The minimum atomic E-state index is -1.43. The van der Waals surface area contributed by atoms with Crippen LogP contribution in [-0.4, -0.2) is 18.4 Å². The van der Waals surface area contributed by atoms with Gasteiger partial charge in [0, 0.05) is 5.54 Å². The van der Waals surface area contributed by atoms with Crippen LogP contribution in [0.3, 0.4) is 0 Å². The van der Waals surface area contributed by atoms with Crippen LogP contribution < -0.4 is 5.73 Å². The second-order valence-electron chi connectivity index (χ2n) is 2.36. The van der Waals surface area contributed by atoms with Gasteiger partial charge in [-0.2, -0.15) is 0 Å². The lowest BCUT2D eigenvalue weighted by Gasteiger charge is -2.09. The summed E-state index contributed by atoms with van der Waals surface area (Å²) in [5.41, 5.74) is 4.50. The molecule has 2 N–H and O–H groups in total. The Balaban J connectivity index is 2.34. The Morgan fingerprint density at radius 1 is 1.62 bits per heavy atom. The van der Waals surface area contributed by atoms with Gasteiger partial charge in [0.1, 0.15) is 12.8 Å². The highest BCUT2D eigenvalue weighted by atomic mass is 19.2. The molecule has 0 aromatic carbocycles. The molecule has 1 nitrogen and oxygen atoms in total. The van der Waals surface area contributed by atoms with Crippen LogP contribution in [-0.2, 0) is 0 Å². The molecule has 3 heteroatoms. The van der Waals surface area contributed by atoms with Crippen LogP contribution in [0.1, 0.15) is 12.8 Å². The van der Waals surface area contributed by atoms with Crippen LogP contribution >= 0.6 is 0 Å². The molecule has 1 rings (SSSR count). The Hall–Kier alpha value is -0.180. The molecule has 1 fully saturated rings. The zero-order valence-electron chi connectivity index (χ0n) is 4.53. The van der Waals surface area contributed by atoms with E-state index in [1.54, 1.807) is 0 Å². The van der Waals surface area contributed by atoms with Gasteiger partial charge in [-0.15, -0.1) is 0 Å². The van der Waals surface area contributed by atoms with E-state index in [2.05, 4.69) is 0 Å². The first-order valence-electron chi connectivity index (χ1n) is 2.68. The van der Waals surface area contributed by atoms with E-state index in [9.17, 15) is 8.78 Å². The van der Waals surface area contributed by atoms with Crippen LogP contribution in [0.2, 0.25) is 0 Å². The van der Waals surface area contributed by atoms with Crippen molar-refractivity contribution in [1.82, 2.24) is 0 Å². The van der Waals surface area contributed by atoms with Crippen molar-refractivity contribution < 1.29 is 8.78 Å². The lowest BCUT2D eigenvalue weighted by molar-refractivity contribution is 0.212. The highest BCUT2D eigenvalue weighted by molar-refractivity contribution is 5.04. The van der Waals surface area contributed by atoms with E-state index in [1.165, 1.54) is 0 Å². The monoisotopic (exact) mass is 121 g/mol. The van der Waals surface area contributed by atoms with Crippen LogP contribution in [0, 0.1) is 0 Å². The van der Waals surface area contributed by atoms with Crippen molar-refractivity contribution in [3.8, 4) is 0 Å². The highest BCUT2D eigenvalue weighted by Crippen LogP contribution is 2.37. The van der Waals surface area contributed by atoms with E-state index >= 15 is 0 Å². The Morgan fingerprint density at radius 3 is 2.25 bits per heavy atom. The number of hydrogen-bond acceptors (Lipinski definition) is 1. The van der Waals surface area contributed by atoms with Gasteiger partial charge < -0.3 is 5.73 Å². The van der Waals surface area contributed by atoms with E-state index in [0.717, 1.165) is 0 Å². The molecule has 1 unspecified atom stereocenters. The van der Waals surface area contributed by atoms with Gasteiger partial charge in [-0.05, 0) is 12.8 Å². The molecule has 1 aliphatic carbocycles. The van der Waals surface area contributed by atoms with Crippen molar-refractivity contribution in [2.45, 2.75) is 24.6 Å². The molecule has 0 heterocycles. The fraction of sp³-hybridized carbons (Fsp3) is 1.00. The Morgan fingerprint density at radius 2 is 2.12 bits per heavy atom. The summed E-state index contributed by atoms with van der Waals surface area (Å²) in [6.07, 6.45) is -0.154. The summed E-state index contributed by atoms with van der Waals surface area (Å²) in [5, 5.41) is 0. The smallest absolute Gasteiger partial charge is 0.146 e. The fourth-order valence-electron chi connectivity index (χ4n) is 0.611. The lowest BCUT2D eigenvalue weighted by atomic mass is 10.2. The maximum absolute atomic E-state index is 12.2. The highest BCUT2D eigenvalue weighted by Gasteiger charge is 2.46. The molecule has 0 amide bonds. The van der Waals surface area contributed by atoms with Crippen molar-refractivity contribution in [3.05, 3.63) is 0 Å². The third-order valence-electron chi connectivity index (χ3n) is 1.59. The molecule has 0 aromatic heterocycles. The third kappa shape index (κ3) is 0.823. The molecule has 1 atom stereocenters. The first-order chi connectivity index (χ1) is 3.69. The summed E-state index contributed by atoms with van der Waals surface area (Å²) in [4.78, 5) is 0. The summed E-state index contributed by atoms with van der Waals surface area (Å²) in [6, 6.07) is 0. The Kier molecular flexibility index (Phi) is 1.23. The van der Waals surface area contributed by atoms with Gasteiger partial charge in [0.2, 0.25) is 0 Å². The van der Waals surface area contributed by atoms with Crippen molar-refractivity contribution in [1.29, 1.82) is 0 Å². The van der Waals surface area contributed by atoms with Gasteiger partial charge >= 0.3 is 0 Å². The molecular weight excluding hydrogens is 112 g/mol. The second-order valence-corrected chi connectivity index (χ2v) is 2.36. The van der Waals surface area contributed by atoms with E-state index in [0.29, 0.717) is 12.8 Å². The zero-order chi connectivity index (χ0) is 6.20. The summed E-state index contributed by atoms with van der Waals surface area (Å²) >= 11 is 0. The zero-order valence-corrected chi connectivity index (χ0v) is 4.53. The molecule has 8 heavy (non-hydrogen) atoms. The second kappa shape index (κ2) is 1.65. The summed E-state index contributed by atoms with van der Waals surface area (Å²) in [5.74, 6) is 0. The quantitative estimate of drug-likeness (QED) is 0.574. The van der Waals surface area contributed by atoms with Gasteiger partial charge in [-0.3, -0.25) is 0 Å². The fourth-order valence-corrected chi connectivity index (χ4v) is 0.611. The summed E-state index contributed by atoms with van der Waals surface area (Å²) < 4.78 is 23.7. The summed E-state index contributed by atoms with van der Waals surface area (Å²) in [7, 11) is 0. The average Bonchev–Trinajstić information content (AvgIpc) is 2.47. The number of alkyl halides is 2. The molecule has 48 valence electrons. The van der Waals surface area contributed by atoms with E-state index in [4.69, 9.17) is 5.73 Å². The number of halogens is 2. The molecule has 1 saturated carbocycles.